The second-order valence-electron chi connectivity index (χ2n) is 6.40. The van der Waals surface area contributed by atoms with Crippen LogP contribution in [0, 0.1) is 19.3 Å². The molecule has 0 N–H and O–H groups in total. The van der Waals surface area contributed by atoms with Gasteiger partial charge in [0.15, 0.2) is 5.41 Å². The zero-order valence-electron chi connectivity index (χ0n) is 15.0. The number of rotatable bonds is 5. The highest BCUT2D eigenvalue weighted by molar-refractivity contribution is 6.01. The molecule has 0 fully saturated rings. The lowest BCUT2D eigenvalue weighted by Gasteiger charge is -2.22. The molecular weight excluding hydrogens is 310 g/mol. The number of ether oxygens (including phenoxy) is 2. The normalized spacial score (nSPS) is 15.0. The van der Waals surface area contributed by atoms with Crippen LogP contribution in [-0.2, 0) is 38.4 Å². The van der Waals surface area contributed by atoms with E-state index in [1.807, 2.05) is 6.92 Å². The molecule has 132 valence electrons. The van der Waals surface area contributed by atoms with Crippen LogP contribution < -0.4 is 5.56 Å². The van der Waals surface area contributed by atoms with Crippen molar-refractivity contribution in [3.63, 3.8) is 0 Å². The summed E-state index contributed by atoms with van der Waals surface area (Å²) >= 11 is 0. The van der Waals surface area contributed by atoms with Crippen molar-refractivity contribution in [3.8, 4) is 0 Å². The second kappa shape index (κ2) is 6.79. The summed E-state index contributed by atoms with van der Waals surface area (Å²) in [5, 5.41) is 0. The van der Waals surface area contributed by atoms with Gasteiger partial charge in [-0.1, -0.05) is 13.3 Å². The third-order valence-electron chi connectivity index (χ3n) is 5.07. The molecule has 0 aromatic carbocycles. The van der Waals surface area contributed by atoms with Gasteiger partial charge in [0.25, 0.3) is 5.56 Å². The fourth-order valence-electron chi connectivity index (χ4n) is 3.58. The van der Waals surface area contributed by atoms with E-state index in [-0.39, 0.29) is 18.4 Å². The maximum Gasteiger partial charge on any atom is 0.323 e. The summed E-state index contributed by atoms with van der Waals surface area (Å²) in [5.74, 6) is -1.23. The van der Waals surface area contributed by atoms with Crippen molar-refractivity contribution in [2.45, 2.75) is 53.0 Å². The van der Waals surface area contributed by atoms with Crippen molar-refractivity contribution in [1.82, 2.24) is 4.57 Å². The Morgan fingerprint density at radius 3 is 2.12 bits per heavy atom. The molecule has 0 unspecified atom stereocenters. The fourth-order valence-corrected chi connectivity index (χ4v) is 3.58. The first-order valence-electron chi connectivity index (χ1n) is 8.22. The molecule has 1 heterocycles. The molecule has 0 aliphatic heterocycles. The Balaban J connectivity index is 2.61. The Bertz CT molecular complexity index is 716. The van der Waals surface area contributed by atoms with E-state index in [0.717, 1.165) is 29.7 Å². The second-order valence-corrected chi connectivity index (χ2v) is 6.40. The molecule has 1 aliphatic rings. The molecule has 0 saturated heterocycles. The molecule has 0 radical (unpaired) electrons. The Labute approximate surface area is 141 Å². The van der Waals surface area contributed by atoms with Crippen LogP contribution in [0.1, 0.15) is 42.1 Å². The number of hydrogen-bond acceptors (Lipinski definition) is 5. The number of unbranched alkanes of at least 4 members (excludes halogenated alkanes) is 1. The van der Waals surface area contributed by atoms with E-state index >= 15 is 0 Å². The lowest BCUT2D eigenvalue weighted by Crippen LogP contribution is -2.42. The molecular formula is C18H25NO5. The molecule has 0 atom stereocenters. The summed E-state index contributed by atoms with van der Waals surface area (Å²) in [4.78, 5) is 37.4. The average molecular weight is 335 g/mol. The van der Waals surface area contributed by atoms with Crippen LogP contribution in [-0.4, -0.2) is 30.7 Å². The molecule has 24 heavy (non-hydrogen) atoms. The average Bonchev–Trinajstić information content (AvgIpc) is 3.00. The monoisotopic (exact) mass is 335 g/mol. The first-order valence-corrected chi connectivity index (χ1v) is 8.22. The number of methoxy groups -OCH3 is 2. The summed E-state index contributed by atoms with van der Waals surface area (Å²) in [6.07, 6.45) is 2.24. The van der Waals surface area contributed by atoms with Crippen LogP contribution in [0.15, 0.2) is 4.79 Å². The van der Waals surface area contributed by atoms with E-state index in [2.05, 4.69) is 6.92 Å². The van der Waals surface area contributed by atoms with E-state index < -0.39 is 17.4 Å². The van der Waals surface area contributed by atoms with E-state index in [9.17, 15) is 14.4 Å². The topological polar surface area (TPSA) is 74.6 Å². The maximum atomic E-state index is 12.7. The van der Waals surface area contributed by atoms with Gasteiger partial charge in [-0.25, -0.2) is 0 Å². The first-order chi connectivity index (χ1) is 11.3. The van der Waals surface area contributed by atoms with Crippen LogP contribution in [0.2, 0.25) is 0 Å². The SMILES string of the molecule is CCCCn1c(C)c2c(c(C)c1=O)CC(C(=O)OC)(C(=O)OC)C2. The number of esters is 2. The van der Waals surface area contributed by atoms with Gasteiger partial charge in [0, 0.05) is 30.6 Å². The van der Waals surface area contributed by atoms with Crippen molar-refractivity contribution in [2.24, 2.45) is 5.41 Å². The van der Waals surface area contributed by atoms with Gasteiger partial charge in [0.2, 0.25) is 0 Å². The quantitative estimate of drug-likeness (QED) is 0.605. The van der Waals surface area contributed by atoms with Crippen molar-refractivity contribution in [3.05, 3.63) is 32.7 Å². The fraction of sp³-hybridized carbons (Fsp3) is 0.611. The van der Waals surface area contributed by atoms with E-state index in [0.29, 0.717) is 12.1 Å². The van der Waals surface area contributed by atoms with Crippen LogP contribution in [0.25, 0.3) is 0 Å². The molecule has 0 saturated carbocycles. The summed E-state index contributed by atoms with van der Waals surface area (Å²) in [7, 11) is 2.52. The van der Waals surface area contributed by atoms with Crippen molar-refractivity contribution >= 4 is 11.9 Å². The lowest BCUT2D eigenvalue weighted by atomic mass is 9.84. The minimum absolute atomic E-state index is 0.0507. The zero-order valence-corrected chi connectivity index (χ0v) is 15.0. The predicted molar refractivity (Wildman–Crippen MR) is 89.0 cm³/mol. The summed E-state index contributed by atoms with van der Waals surface area (Å²) in [5.41, 5.74) is 1.65. The van der Waals surface area contributed by atoms with Gasteiger partial charge in [-0.15, -0.1) is 0 Å². The van der Waals surface area contributed by atoms with Crippen LogP contribution >= 0.6 is 0 Å². The van der Waals surface area contributed by atoms with Gasteiger partial charge in [-0.3, -0.25) is 14.4 Å². The highest BCUT2D eigenvalue weighted by atomic mass is 16.5. The molecule has 0 spiro atoms. The molecule has 2 rings (SSSR count). The molecule has 1 aromatic rings. The Kier molecular flexibility index (Phi) is 5.16. The van der Waals surface area contributed by atoms with Gasteiger partial charge in [-0.2, -0.15) is 0 Å². The van der Waals surface area contributed by atoms with Crippen LogP contribution in [0.5, 0.6) is 0 Å². The Morgan fingerprint density at radius 1 is 1.08 bits per heavy atom. The molecule has 6 nitrogen and oxygen atoms in total. The number of pyridine rings is 1. The number of nitrogens with zero attached hydrogens (tertiary/aromatic N) is 1. The number of aromatic nitrogens is 1. The minimum atomic E-state index is -1.39. The number of hydrogen-bond donors (Lipinski definition) is 0. The number of carbonyl (C=O) groups is 2. The van der Waals surface area contributed by atoms with Gasteiger partial charge in [-0.05, 0) is 31.4 Å². The molecule has 1 aliphatic carbocycles. The van der Waals surface area contributed by atoms with Crippen molar-refractivity contribution < 1.29 is 19.1 Å². The molecule has 1 aromatic heterocycles. The van der Waals surface area contributed by atoms with E-state index in [1.54, 1.807) is 11.5 Å². The Hall–Kier alpha value is -2.11. The summed E-state index contributed by atoms with van der Waals surface area (Å²) < 4.78 is 11.5. The predicted octanol–water partition coefficient (Wildman–Crippen LogP) is 1.70. The standard InChI is InChI=1S/C18H25NO5/c1-6-7-8-19-12(3)14-10-18(16(21)23-4,17(22)24-5)9-13(14)11(2)15(19)20/h6-10H2,1-5H3. The molecule has 0 amide bonds. The summed E-state index contributed by atoms with van der Waals surface area (Å²) in [6.45, 7) is 6.34. The van der Waals surface area contributed by atoms with Gasteiger partial charge < -0.3 is 14.0 Å². The Morgan fingerprint density at radius 2 is 1.62 bits per heavy atom. The van der Waals surface area contributed by atoms with Gasteiger partial charge in [0.1, 0.15) is 0 Å². The van der Waals surface area contributed by atoms with E-state index in [4.69, 9.17) is 9.47 Å². The van der Waals surface area contributed by atoms with Crippen LogP contribution in [0.3, 0.4) is 0 Å². The van der Waals surface area contributed by atoms with Crippen LogP contribution in [0.4, 0.5) is 0 Å². The summed E-state index contributed by atoms with van der Waals surface area (Å²) in [6, 6.07) is 0. The number of carbonyl (C=O) groups excluding carboxylic acids is 2. The lowest BCUT2D eigenvalue weighted by molar-refractivity contribution is -0.168. The first kappa shape index (κ1) is 18.2. The molecule has 0 bridgehead atoms. The maximum absolute atomic E-state index is 12.7. The van der Waals surface area contributed by atoms with Crippen molar-refractivity contribution in [1.29, 1.82) is 0 Å². The molecule has 6 heteroatoms. The number of fused-ring (bicyclic) bond motifs is 1. The zero-order chi connectivity index (χ0) is 18.1. The highest BCUT2D eigenvalue weighted by Gasteiger charge is 2.53. The third kappa shape index (κ3) is 2.64. The third-order valence-corrected chi connectivity index (χ3v) is 5.07. The van der Waals surface area contributed by atoms with Gasteiger partial charge >= 0.3 is 11.9 Å². The van der Waals surface area contributed by atoms with Crippen molar-refractivity contribution in [2.75, 3.05) is 14.2 Å². The smallest absolute Gasteiger partial charge is 0.323 e. The highest BCUT2D eigenvalue weighted by Crippen LogP contribution is 2.41. The minimum Gasteiger partial charge on any atom is -0.468 e. The van der Waals surface area contributed by atoms with E-state index in [1.165, 1.54) is 14.2 Å². The van der Waals surface area contributed by atoms with Gasteiger partial charge in [0.05, 0.1) is 14.2 Å². The largest absolute Gasteiger partial charge is 0.468 e.